The van der Waals surface area contributed by atoms with Gasteiger partial charge in [-0.1, -0.05) is 91.0 Å². The second-order valence-corrected chi connectivity index (χ2v) is 8.09. The summed E-state index contributed by atoms with van der Waals surface area (Å²) in [6.07, 6.45) is -0.262. The first-order chi connectivity index (χ1) is 16.0. The molecule has 172 valence electrons. The summed E-state index contributed by atoms with van der Waals surface area (Å²) in [6.45, 7) is 6.54. The van der Waals surface area contributed by atoms with Crippen LogP contribution < -0.4 is 5.32 Å². The highest BCUT2D eigenvalue weighted by atomic mass is 16.5. The van der Waals surface area contributed by atoms with E-state index < -0.39 is 6.10 Å². The third kappa shape index (κ3) is 8.13. The summed E-state index contributed by atoms with van der Waals surface area (Å²) in [5.41, 5.74) is 3.12. The van der Waals surface area contributed by atoms with Crippen LogP contribution in [0.2, 0.25) is 0 Å². The average molecular weight is 445 g/mol. The SMILES string of the molecule is C=C(NC(Cc1ccccc1)[C@H](O)CN(Cc1ccccc1)C(C)=O)OCc1ccccc1. The number of nitrogens with zero attached hydrogens (tertiary/aromatic N) is 1. The lowest BCUT2D eigenvalue weighted by Gasteiger charge is -2.30. The molecule has 0 aliphatic rings. The molecule has 0 spiro atoms. The Balaban J connectivity index is 1.67. The summed E-state index contributed by atoms with van der Waals surface area (Å²) in [4.78, 5) is 14.0. The van der Waals surface area contributed by atoms with Crippen LogP contribution >= 0.6 is 0 Å². The minimum absolute atomic E-state index is 0.0875. The Bertz CT molecular complexity index is 993. The molecule has 33 heavy (non-hydrogen) atoms. The first-order valence-electron chi connectivity index (χ1n) is 11.1. The van der Waals surface area contributed by atoms with E-state index in [9.17, 15) is 9.90 Å². The largest absolute Gasteiger partial charge is 0.475 e. The van der Waals surface area contributed by atoms with E-state index in [0.29, 0.717) is 25.5 Å². The standard InChI is InChI=1S/C28H32N2O3/c1-22(33-21-26-16-10-5-11-17-26)29-27(18-24-12-6-3-7-13-24)28(32)20-30(23(2)31)19-25-14-8-4-9-15-25/h3-17,27-29,32H,1,18-21H2,2H3/t27?,28-/m1/s1. The number of hydrogen-bond donors (Lipinski definition) is 2. The fourth-order valence-electron chi connectivity index (χ4n) is 3.61. The Morgan fingerprint density at radius 2 is 1.42 bits per heavy atom. The van der Waals surface area contributed by atoms with Crippen LogP contribution in [0.5, 0.6) is 0 Å². The molecule has 1 unspecified atom stereocenters. The van der Waals surface area contributed by atoms with Crippen LogP contribution in [-0.2, 0) is 29.1 Å². The lowest BCUT2D eigenvalue weighted by Crippen LogP contribution is -2.48. The van der Waals surface area contributed by atoms with Gasteiger partial charge in [0.15, 0.2) is 5.88 Å². The lowest BCUT2D eigenvalue weighted by molar-refractivity contribution is -0.131. The van der Waals surface area contributed by atoms with Crippen molar-refractivity contribution >= 4 is 5.91 Å². The van der Waals surface area contributed by atoms with E-state index in [4.69, 9.17) is 4.74 Å². The number of carbonyl (C=O) groups excluding carboxylic acids is 1. The van der Waals surface area contributed by atoms with Gasteiger partial charge in [0.2, 0.25) is 5.91 Å². The smallest absolute Gasteiger partial charge is 0.219 e. The molecule has 3 rings (SSSR count). The van der Waals surface area contributed by atoms with Crippen molar-refractivity contribution in [1.29, 1.82) is 0 Å². The number of aliphatic hydroxyl groups is 1. The van der Waals surface area contributed by atoms with Gasteiger partial charge in [-0.05, 0) is 29.7 Å². The van der Waals surface area contributed by atoms with Crippen LogP contribution in [0.3, 0.4) is 0 Å². The molecule has 0 heterocycles. The second kappa shape index (κ2) is 12.5. The molecule has 0 radical (unpaired) electrons. The van der Waals surface area contributed by atoms with Gasteiger partial charge in [0.1, 0.15) is 6.61 Å². The summed E-state index contributed by atoms with van der Waals surface area (Å²) in [6, 6.07) is 29.2. The fraction of sp³-hybridized carbons (Fsp3) is 0.250. The van der Waals surface area contributed by atoms with E-state index in [1.54, 1.807) is 4.90 Å². The van der Waals surface area contributed by atoms with Crippen molar-refractivity contribution in [3.05, 3.63) is 120 Å². The summed E-state index contributed by atoms with van der Waals surface area (Å²) in [7, 11) is 0. The third-order valence-corrected chi connectivity index (χ3v) is 5.43. The molecule has 2 atom stereocenters. The second-order valence-electron chi connectivity index (χ2n) is 8.09. The fourth-order valence-corrected chi connectivity index (χ4v) is 3.61. The number of ether oxygens (including phenoxy) is 1. The highest BCUT2D eigenvalue weighted by Gasteiger charge is 2.24. The molecule has 1 amide bonds. The van der Waals surface area contributed by atoms with E-state index in [1.165, 1.54) is 6.92 Å². The van der Waals surface area contributed by atoms with Gasteiger partial charge in [-0.2, -0.15) is 0 Å². The molecule has 5 nitrogen and oxygen atoms in total. The lowest BCUT2D eigenvalue weighted by atomic mass is 10.0. The molecular formula is C28H32N2O3. The number of carbonyl (C=O) groups is 1. The molecule has 0 aliphatic heterocycles. The van der Waals surface area contributed by atoms with Crippen molar-refractivity contribution < 1.29 is 14.6 Å². The van der Waals surface area contributed by atoms with Crippen LogP contribution in [0, 0.1) is 0 Å². The number of hydrogen-bond acceptors (Lipinski definition) is 4. The van der Waals surface area contributed by atoms with Crippen molar-refractivity contribution in [2.24, 2.45) is 0 Å². The highest BCUT2D eigenvalue weighted by Crippen LogP contribution is 2.13. The van der Waals surface area contributed by atoms with Gasteiger partial charge in [0.05, 0.1) is 12.1 Å². The van der Waals surface area contributed by atoms with E-state index in [0.717, 1.165) is 16.7 Å². The van der Waals surface area contributed by atoms with Gasteiger partial charge in [-0.25, -0.2) is 0 Å². The zero-order chi connectivity index (χ0) is 23.5. The summed E-state index contributed by atoms with van der Waals surface area (Å²) >= 11 is 0. The first kappa shape index (κ1) is 24.1. The Hall–Kier alpha value is -3.57. The summed E-state index contributed by atoms with van der Waals surface area (Å²) in [5, 5.41) is 14.4. The van der Waals surface area contributed by atoms with Crippen LogP contribution in [0.4, 0.5) is 0 Å². The molecule has 0 saturated carbocycles. The van der Waals surface area contributed by atoms with E-state index in [2.05, 4.69) is 11.9 Å². The van der Waals surface area contributed by atoms with Crippen molar-refractivity contribution in [3.8, 4) is 0 Å². The van der Waals surface area contributed by atoms with Crippen LogP contribution in [0.1, 0.15) is 23.6 Å². The van der Waals surface area contributed by atoms with Gasteiger partial charge in [0, 0.05) is 20.0 Å². The van der Waals surface area contributed by atoms with Crippen LogP contribution in [0.25, 0.3) is 0 Å². The van der Waals surface area contributed by atoms with Crippen molar-refractivity contribution in [1.82, 2.24) is 10.2 Å². The molecule has 3 aromatic rings. The minimum Gasteiger partial charge on any atom is -0.475 e. The maximum atomic E-state index is 12.3. The van der Waals surface area contributed by atoms with Gasteiger partial charge >= 0.3 is 0 Å². The number of aliphatic hydroxyl groups excluding tert-OH is 1. The zero-order valence-electron chi connectivity index (χ0n) is 19.1. The van der Waals surface area contributed by atoms with Gasteiger partial charge in [-0.15, -0.1) is 0 Å². The Labute approximate surface area is 196 Å². The average Bonchev–Trinajstić information content (AvgIpc) is 2.84. The molecule has 5 heteroatoms. The maximum absolute atomic E-state index is 12.3. The predicted molar refractivity (Wildman–Crippen MR) is 131 cm³/mol. The Kier molecular flexibility index (Phi) is 9.09. The Morgan fingerprint density at radius 3 is 1.97 bits per heavy atom. The number of nitrogens with one attached hydrogen (secondary N) is 1. The van der Waals surface area contributed by atoms with Crippen molar-refractivity contribution in [3.63, 3.8) is 0 Å². The van der Waals surface area contributed by atoms with Crippen molar-refractivity contribution in [2.75, 3.05) is 6.54 Å². The van der Waals surface area contributed by atoms with Crippen LogP contribution in [0.15, 0.2) is 103 Å². The molecule has 0 aliphatic carbocycles. The molecule has 3 aromatic carbocycles. The number of benzene rings is 3. The first-order valence-corrected chi connectivity index (χ1v) is 11.1. The molecule has 2 N–H and O–H groups in total. The van der Waals surface area contributed by atoms with Gasteiger partial charge in [-0.3, -0.25) is 4.79 Å². The minimum atomic E-state index is -0.824. The van der Waals surface area contributed by atoms with E-state index in [1.807, 2.05) is 91.0 Å². The monoisotopic (exact) mass is 444 g/mol. The molecule has 0 fully saturated rings. The van der Waals surface area contributed by atoms with Crippen molar-refractivity contribution in [2.45, 2.75) is 38.6 Å². The quantitative estimate of drug-likeness (QED) is 0.409. The molecule has 0 saturated heterocycles. The zero-order valence-corrected chi connectivity index (χ0v) is 19.1. The maximum Gasteiger partial charge on any atom is 0.219 e. The third-order valence-electron chi connectivity index (χ3n) is 5.43. The normalized spacial score (nSPS) is 12.4. The molecule has 0 aromatic heterocycles. The molecule has 0 bridgehead atoms. The van der Waals surface area contributed by atoms with Crippen LogP contribution in [-0.4, -0.2) is 34.6 Å². The van der Waals surface area contributed by atoms with E-state index >= 15 is 0 Å². The highest BCUT2D eigenvalue weighted by molar-refractivity contribution is 5.73. The summed E-state index contributed by atoms with van der Waals surface area (Å²) in [5.74, 6) is 0.298. The van der Waals surface area contributed by atoms with E-state index in [-0.39, 0.29) is 18.5 Å². The number of amides is 1. The number of rotatable bonds is 12. The van der Waals surface area contributed by atoms with Gasteiger partial charge in [0.25, 0.3) is 0 Å². The summed E-state index contributed by atoms with van der Waals surface area (Å²) < 4.78 is 5.80. The Morgan fingerprint density at radius 1 is 0.909 bits per heavy atom. The molecular weight excluding hydrogens is 412 g/mol. The van der Waals surface area contributed by atoms with Gasteiger partial charge < -0.3 is 20.1 Å². The predicted octanol–water partition coefficient (Wildman–Crippen LogP) is 4.28. The topological polar surface area (TPSA) is 61.8 Å².